The summed E-state index contributed by atoms with van der Waals surface area (Å²) in [5, 5.41) is 8.80. The van der Waals surface area contributed by atoms with Crippen molar-refractivity contribution < 1.29 is 9.59 Å². The number of aromatic nitrogens is 5. The first-order chi connectivity index (χ1) is 17.5. The first kappa shape index (κ1) is 27.6. The van der Waals surface area contributed by atoms with Gasteiger partial charge >= 0.3 is 0 Å². The molecule has 37 heavy (non-hydrogen) atoms. The van der Waals surface area contributed by atoms with Gasteiger partial charge in [0.1, 0.15) is 13.1 Å². The number of aryl methyl sites for hydroxylation is 2. The normalized spacial score (nSPS) is 11.3. The summed E-state index contributed by atoms with van der Waals surface area (Å²) in [4.78, 5) is 50.8. The number of rotatable bonds is 11. The molecule has 3 aromatic heterocycles. The van der Waals surface area contributed by atoms with Crippen LogP contribution in [0.4, 0.5) is 5.82 Å². The van der Waals surface area contributed by atoms with Gasteiger partial charge in [-0.2, -0.15) is 0 Å². The summed E-state index contributed by atoms with van der Waals surface area (Å²) >= 11 is 0. The summed E-state index contributed by atoms with van der Waals surface area (Å²) in [6.07, 6.45) is 5.51. The number of carbonyl (C=O) groups is 2. The summed E-state index contributed by atoms with van der Waals surface area (Å²) in [6, 6.07) is 5.68. The van der Waals surface area contributed by atoms with Crippen molar-refractivity contribution in [3.63, 3.8) is 0 Å². The second-order valence-electron chi connectivity index (χ2n) is 10.2. The molecule has 0 unspecified atom stereocenters. The van der Waals surface area contributed by atoms with E-state index < -0.39 is 0 Å². The highest BCUT2D eigenvalue weighted by atomic mass is 16.2. The van der Waals surface area contributed by atoms with Crippen LogP contribution in [0.1, 0.15) is 43.5 Å². The highest BCUT2D eigenvalue weighted by Crippen LogP contribution is 2.11. The van der Waals surface area contributed by atoms with Crippen LogP contribution < -0.4 is 21.5 Å². The number of imidazole rings is 1. The molecule has 0 atom stereocenters. The van der Waals surface area contributed by atoms with E-state index in [2.05, 4.69) is 30.9 Å². The quantitative estimate of drug-likeness (QED) is 0.358. The predicted molar refractivity (Wildman–Crippen MR) is 141 cm³/mol. The van der Waals surface area contributed by atoms with Gasteiger partial charge in [0.15, 0.2) is 5.82 Å². The summed E-state index contributed by atoms with van der Waals surface area (Å²) in [5.74, 6) is -0.272. The zero-order chi connectivity index (χ0) is 27.0. The van der Waals surface area contributed by atoms with Gasteiger partial charge < -0.3 is 20.5 Å². The van der Waals surface area contributed by atoms with E-state index in [9.17, 15) is 14.4 Å². The van der Waals surface area contributed by atoms with E-state index >= 15 is 0 Å². The van der Waals surface area contributed by atoms with Crippen molar-refractivity contribution in [2.75, 3.05) is 18.4 Å². The van der Waals surface area contributed by atoms with E-state index in [0.29, 0.717) is 25.2 Å². The van der Waals surface area contributed by atoms with Crippen molar-refractivity contribution in [2.45, 2.75) is 60.7 Å². The van der Waals surface area contributed by atoms with Gasteiger partial charge in [0.25, 0.3) is 5.56 Å². The number of pyridine rings is 1. The Balaban J connectivity index is 1.58. The van der Waals surface area contributed by atoms with Crippen LogP contribution in [0.15, 0.2) is 41.7 Å². The van der Waals surface area contributed by atoms with Crippen molar-refractivity contribution >= 4 is 17.6 Å². The van der Waals surface area contributed by atoms with Gasteiger partial charge in [0.05, 0.1) is 24.3 Å². The minimum absolute atomic E-state index is 0.0189. The summed E-state index contributed by atoms with van der Waals surface area (Å²) in [5.41, 5.74) is 2.55. The molecule has 11 heteroatoms. The van der Waals surface area contributed by atoms with Crippen LogP contribution in [0.25, 0.3) is 0 Å². The van der Waals surface area contributed by atoms with Crippen LogP contribution in [0.5, 0.6) is 0 Å². The summed E-state index contributed by atoms with van der Waals surface area (Å²) < 4.78 is 3.11. The van der Waals surface area contributed by atoms with Crippen molar-refractivity contribution in [3.05, 3.63) is 70.0 Å². The Morgan fingerprint density at radius 2 is 1.76 bits per heavy atom. The van der Waals surface area contributed by atoms with Crippen molar-refractivity contribution in [3.8, 4) is 0 Å². The maximum absolute atomic E-state index is 12.9. The van der Waals surface area contributed by atoms with Crippen LogP contribution in [0.2, 0.25) is 0 Å². The third-order valence-corrected chi connectivity index (χ3v) is 5.69. The number of hydrogen-bond donors (Lipinski definition) is 3. The van der Waals surface area contributed by atoms with E-state index in [1.807, 2.05) is 45.9 Å². The smallest absolute Gasteiger partial charge is 0.293 e. The Morgan fingerprint density at radius 1 is 1.00 bits per heavy atom. The van der Waals surface area contributed by atoms with Crippen LogP contribution >= 0.6 is 0 Å². The topological polar surface area (TPSA) is 136 Å². The maximum Gasteiger partial charge on any atom is 0.293 e. The fourth-order valence-corrected chi connectivity index (χ4v) is 3.57. The largest absolute Gasteiger partial charge is 0.365 e. The van der Waals surface area contributed by atoms with Crippen molar-refractivity contribution in [2.24, 2.45) is 5.41 Å². The lowest BCUT2D eigenvalue weighted by Crippen LogP contribution is -2.36. The zero-order valence-electron chi connectivity index (χ0n) is 22.2. The molecule has 0 aliphatic carbocycles. The van der Waals surface area contributed by atoms with Gasteiger partial charge in [-0.25, -0.2) is 9.97 Å². The van der Waals surface area contributed by atoms with Gasteiger partial charge in [0, 0.05) is 43.3 Å². The molecule has 2 amide bonds. The number of nitrogens with zero attached hydrogens (tertiary/aromatic N) is 5. The van der Waals surface area contributed by atoms with Crippen LogP contribution in [0, 0.1) is 19.3 Å². The molecule has 11 nitrogen and oxygen atoms in total. The fraction of sp³-hybridized carbons (Fsp3) is 0.462. The van der Waals surface area contributed by atoms with E-state index in [-0.39, 0.29) is 48.2 Å². The van der Waals surface area contributed by atoms with Crippen LogP contribution in [-0.4, -0.2) is 49.0 Å². The van der Waals surface area contributed by atoms with Gasteiger partial charge in [0.2, 0.25) is 11.8 Å². The zero-order valence-corrected chi connectivity index (χ0v) is 22.2. The Hall–Kier alpha value is -4.02. The Bertz CT molecular complexity index is 1280. The second-order valence-corrected chi connectivity index (χ2v) is 10.2. The van der Waals surface area contributed by atoms with E-state index in [0.717, 1.165) is 17.1 Å². The average molecular weight is 509 g/mol. The number of anilines is 1. The Morgan fingerprint density at radius 3 is 2.46 bits per heavy atom. The molecular formula is C26H36N8O3. The van der Waals surface area contributed by atoms with E-state index in [4.69, 9.17) is 0 Å². The standard InChI is InChI=1S/C26H36N8O3/c1-18-12-30-24(28-11-9-20-8-6-7-10-27-20)25(37)34(18)15-23(36)29-13-21-19(2)32-17-33(21)14-22(35)31-16-26(3,4)5/h6-8,10,12,17H,9,11,13-16H2,1-5H3,(H,28,30)(H,29,36)(H,31,35). The second kappa shape index (κ2) is 12.3. The van der Waals surface area contributed by atoms with Gasteiger partial charge in [-0.05, 0) is 31.4 Å². The highest BCUT2D eigenvalue weighted by molar-refractivity contribution is 5.76. The molecule has 0 spiro atoms. The lowest BCUT2D eigenvalue weighted by molar-refractivity contribution is -0.122. The molecule has 0 aliphatic rings. The molecule has 3 heterocycles. The monoisotopic (exact) mass is 508 g/mol. The molecule has 0 saturated heterocycles. The number of carbonyl (C=O) groups excluding carboxylic acids is 2. The summed E-state index contributed by atoms with van der Waals surface area (Å²) in [6.45, 7) is 10.9. The van der Waals surface area contributed by atoms with Gasteiger partial charge in [-0.15, -0.1) is 0 Å². The van der Waals surface area contributed by atoms with Gasteiger partial charge in [-0.3, -0.25) is 23.9 Å². The minimum atomic E-state index is -0.368. The average Bonchev–Trinajstić information content (AvgIpc) is 3.19. The molecule has 3 rings (SSSR count). The number of amides is 2. The third kappa shape index (κ3) is 8.26. The molecule has 0 radical (unpaired) electrons. The molecular weight excluding hydrogens is 472 g/mol. The minimum Gasteiger partial charge on any atom is -0.365 e. The first-order valence-corrected chi connectivity index (χ1v) is 12.3. The lowest BCUT2D eigenvalue weighted by Gasteiger charge is -2.19. The Labute approximate surface area is 216 Å². The molecule has 0 aromatic carbocycles. The Kier molecular flexibility index (Phi) is 9.15. The van der Waals surface area contributed by atoms with Crippen molar-refractivity contribution in [1.29, 1.82) is 0 Å². The van der Waals surface area contributed by atoms with Crippen LogP contribution in [0.3, 0.4) is 0 Å². The van der Waals surface area contributed by atoms with Gasteiger partial charge in [-0.1, -0.05) is 26.8 Å². The summed E-state index contributed by atoms with van der Waals surface area (Å²) in [7, 11) is 0. The highest BCUT2D eigenvalue weighted by Gasteiger charge is 2.16. The van der Waals surface area contributed by atoms with Crippen molar-refractivity contribution in [1.82, 2.24) is 34.7 Å². The van der Waals surface area contributed by atoms with Crippen LogP contribution in [-0.2, 0) is 35.6 Å². The predicted octanol–water partition coefficient (Wildman–Crippen LogP) is 1.58. The SMILES string of the molecule is Cc1ncn(CC(=O)NCC(C)(C)C)c1CNC(=O)Cn1c(C)cnc(NCCc2ccccn2)c1=O. The van der Waals surface area contributed by atoms with E-state index in [1.165, 1.54) is 4.57 Å². The maximum atomic E-state index is 12.9. The van der Waals surface area contributed by atoms with E-state index in [1.54, 1.807) is 30.2 Å². The molecule has 0 fully saturated rings. The molecule has 0 aliphatic heterocycles. The molecule has 0 bridgehead atoms. The molecule has 3 N–H and O–H groups in total. The lowest BCUT2D eigenvalue weighted by atomic mass is 9.97. The number of hydrogen-bond acceptors (Lipinski definition) is 7. The fourth-order valence-electron chi connectivity index (χ4n) is 3.57. The molecule has 3 aromatic rings. The molecule has 198 valence electrons. The third-order valence-electron chi connectivity index (χ3n) is 5.69. The first-order valence-electron chi connectivity index (χ1n) is 12.3. The molecule has 0 saturated carbocycles. The number of nitrogens with one attached hydrogen (secondary N) is 3.